The number of Topliss-reactive ketones (excluding diaryl/α,β-unsaturated/α-hetero) is 1. The quantitative estimate of drug-likeness (QED) is 0.192. The molecule has 234 valence electrons. The smallest absolute Gasteiger partial charge is 0.248 e. The molecule has 1 aliphatic heterocycles. The number of ketones is 1. The molecule has 2 fully saturated rings. The summed E-state index contributed by atoms with van der Waals surface area (Å²) in [4.78, 5) is 55.8. The van der Waals surface area contributed by atoms with Crippen molar-refractivity contribution in [2.24, 2.45) is 5.41 Å². The minimum Gasteiger partial charge on any atom is -0.325 e. The first-order valence-electron chi connectivity index (χ1n) is 15.3. The summed E-state index contributed by atoms with van der Waals surface area (Å²) in [5.41, 5.74) is 4.23. The molecule has 45 heavy (non-hydrogen) atoms. The van der Waals surface area contributed by atoms with Crippen LogP contribution in [0.4, 0.5) is 5.82 Å². The van der Waals surface area contributed by atoms with Gasteiger partial charge in [0.2, 0.25) is 11.8 Å². The monoisotopic (exact) mass is 672 g/mol. The average molecular weight is 674 g/mol. The number of halogens is 1. The molecule has 0 unspecified atom stereocenters. The molecule has 3 atom stereocenters. The number of pyridine rings is 1. The number of carbonyl (C=O) groups is 3. The summed E-state index contributed by atoms with van der Waals surface area (Å²) in [5.74, 6) is 0.494. The SMILES string of the molecule is CCNC[C@]12CC[C@H]1N(C(=O)Cn1nc(C(C)=O)c3cc(-c4cnc(C)nc4)cc(C)c31)[C@H](C(=O)Nc1nc(Br)ccc1C)C2. The molecule has 0 spiro atoms. The highest BCUT2D eigenvalue weighted by atomic mass is 79.9. The zero-order chi connectivity index (χ0) is 32.0. The van der Waals surface area contributed by atoms with Gasteiger partial charge in [0.25, 0.3) is 0 Å². The van der Waals surface area contributed by atoms with Crippen molar-refractivity contribution >= 4 is 50.2 Å². The summed E-state index contributed by atoms with van der Waals surface area (Å²) >= 11 is 3.39. The molecule has 6 rings (SSSR count). The van der Waals surface area contributed by atoms with Crippen LogP contribution in [0.1, 0.15) is 60.5 Å². The van der Waals surface area contributed by atoms with Crippen LogP contribution < -0.4 is 10.6 Å². The fraction of sp³-hybridized carbons (Fsp3) is 0.424. The molecule has 2 N–H and O–H groups in total. The number of aromatic nitrogens is 5. The number of nitrogens with one attached hydrogen (secondary N) is 2. The summed E-state index contributed by atoms with van der Waals surface area (Å²) in [7, 11) is 0. The number of carbonyl (C=O) groups excluding carboxylic acids is 3. The molecule has 0 bridgehead atoms. The van der Waals surface area contributed by atoms with Gasteiger partial charge in [0.05, 0.1) is 5.52 Å². The number of anilines is 1. The zero-order valence-corrected chi connectivity index (χ0v) is 27.7. The topological polar surface area (TPSA) is 135 Å². The number of aryl methyl sites for hydroxylation is 3. The zero-order valence-electron chi connectivity index (χ0n) is 26.1. The summed E-state index contributed by atoms with van der Waals surface area (Å²) in [6, 6.07) is 6.89. The molecule has 4 aromatic rings. The van der Waals surface area contributed by atoms with Gasteiger partial charge in [-0.05, 0) is 97.4 Å². The lowest BCUT2D eigenvalue weighted by Crippen LogP contribution is -2.56. The Morgan fingerprint density at radius 2 is 1.82 bits per heavy atom. The van der Waals surface area contributed by atoms with Crippen LogP contribution in [-0.4, -0.2) is 72.4 Å². The molecule has 11 nitrogen and oxygen atoms in total. The molecule has 2 aliphatic rings. The number of benzene rings is 1. The van der Waals surface area contributed by atoms with Gasteiger partial charge in [-0.15, -0.1) is 0 Å². The van der Waals surface area contributed by atoms with Gasteiger partial charge in [-0.2, -0.15) is 5.10 Å². The molecule has 1 saturated heterocycles. The predicted octanol–water partition coefficient (Wildman–Crippen LogP) is 4.78. The van der Waals surface area contributed by atoms with Crippen molar-refractivity contribution in [3.8, 4) is 11.1 Å². The number of hydrogen-bond donors (Lipinski definition) is 2. The normalized spacial score (nSPS) is 20.6. The van der Waals surface area contributed by atoms with Crippen molar-refractivity contribution in [3.05, 3.63) is 63.9 Å². The van der Waals surface area contributed by atoms with Gasteiger partial charge in [0.15, 0.2) is 5.78 Å². The first-order chi connectivity index (χ1) is 21.5. The summed E-state index contributed by atoms with van der Waals surface area (Å²) in [6.07, 6.45) is 5.85. The largest absolute Gasteiger partial charge is 0.325 e. The van der Waals surface area contributed by atoms with Gasteiger partial charge in [-0.3, -0.25) is 19.1 Å². The number of likely N-dealkylation sites (tertiary alicyclic amines) is 1. The van der Waals surface area contributed by atoms with Crippen LogP contribution in [0.3, 0.4) is 0 Å². The fourth-order valence-corrected chi connectivity index (χ4v) is 7.23. The molecule has 0 radical (unpaired) electrons. The average Bonchev–Trinajstić information content (AvgIpc) is 3.47. The molecule has 1 saturated carbocycles. The van der Waals surface area contributed by atoms with E-state index in [4.69, 9.17) is 0 Å². The van der Waals surface area contributed by atoms with Crippen molar-refractivity contribution < 1.29 is 14.4 Å². The maximum atomic E-state index is 14.3. The van der Waals surface area contributed by atoms with Crippen molar-refractivity contribution in [1.82, 2.24) is 34.9 Å². The van der Waals surface area contributed by atoms with Crippen molar-refractivity contribution in [2.75, 3.05) is 18.4 Å². The van der Waals surface area contributed by atoms with E-state index < -0.39 is 6.04 Å². The van der Waals surface area contributed by atoms with E-state index in [1.165, 1.54) is 6.92 Å². The van der Waals surface area contributed by atoms with E-state index in [1.54, 1.807) is 22.0 Å². The van der Waals surface area contributed by atoms with Crippen LogP contribution in [0.15, 0.2) is 41.3 Å². The lowest BCUT2D eigenvalue weighted by molar-refractivity contribution is -0.141. The van der Waals surface area contributed by atoms with E-state index in [2.05, 4.69) is 53.5 Å². The van der Waals surface area contributed by atoms with Crippen molar-refractivity contribution in [2.45, 2.75) is 72.5 Å². The molecule has 1 aromatic carbocycles. The number of nitrogens with zero attached hydrogens (tertiary/aromatic N) is 6. The van der Waals surface area contributed by atoms with E-state index in [0.29, 0.717) is 39.3 Å². The first-order valence-corrected chi connectivity index (χ1v) is 16.1. The Morgan fingerprint density at radius 1 is 1.07 bits per heavy atom. The van der Waals surface area contributed by atoms with E-state index in [0.717, 1.165) is 48.2 Å². The second-order valence-corrected chi connectivity index (χ2v) is 13.1. The van der Waals surface area contributed by atoms with Crippen LogP contribution >= 0.6 is 15.9 Å². The Hall–Kier alpha value is -4.03. The Morgan fingerprint density at radius 3 is 2.49 bits per heavy atom. The predicted molar refractivity (Wildman–Crippen MR) is 175 cm³/mol. The van der Waals surface area contributed by atoms with E-state index >= 15 is 0 Å². The number of fused-ring (bicyclic) bond motifs is 2. The lowest BCUT2D eigenvalue weighted by Gasteiger charge is -2.47. The molecular weight excluding hydrogens is 636 g/mol. The Labute approximate surface area is 270 Å². The van der Waals surface area contributed by atoms with Crippen LogP contribution in [0.25, 0.3) is 22.0 Å². The van der Waals surface area contributed by atoms with Gasteiger partial charge >= 0.3 is 0 Å². The fourth-order valence-electron chi connectivity index (χ4n) is 6.92. The molecule has 12 heteroatoms. The third-order valence-corrected chi connectivity index (χ3v) is 9.73. The van der Waals surface area contributed by atoms with E-state index in [1.807, 2.05) is 45.0 Å². The van der Waals surface area contributed by atoms with Gasteiger partial charge in [-0.1, -0.05) is 13.0 Å². The second-order valence-electron chi connectivity index (χ2n) is 12.3. The Kier molecular flexibility index (Phi) is 8.30. The second kappa shape index (κ2) is 12.1. The van der Waals surface area contributed by atoms with Crippen LogP contribution in [0.5, 0.6) is 0 Å². The minimum atomic E-state index is -0.660. The lowest BCUT2D eigenvalue weighted by atomic mass is 9.64. The van der Waals surface area contributed by atoms with Crippen molar-refractivity contribution in [1.29, 1.82) is 0 Å². The molecular formula is C33H37BrN8O3. The minimum absolute atomic E-state index is 0.0697. The molecule has 2 amide bonds. The standard InChI is InChI=1S/C33H37BrN8O3/c1-6-35-17-33-10-9-26(33)42(25(13-33)32(45)39-31-18(2)7-8-27(34)38-31)28(44)16-41-30-19(3)11-22(23-14-36-21(5)37-15-23)12-24(30)29(40-41)20(4)43/h7-8,11-12,14-15,25-26,35H,6,9-10,13,16-17H2,1-5H3,(H,38,39,45)/t25-,26+,33+/m0/s1. The summed E-state index contributed by atoms with van der Waals surface area (Å²) in [6.45, 7) is 10.6. The van der Waals surface area contributed by atoms with Crippen LogP contribution in [0, 0.1) is 26.2 Å². The van der Waals surface area contributed by atoms with Gasteiger partial charge in [0, 0.05) is 48.3 Å². The highest BCUT2D eigenvalue weighted by Gasteiger charge is 2.60. The van der Waals surface area contributed by atoms with Gasteiger partial charge in [0.1, 0.15) is 34.5 Å². The van der Waals surface area contributed by atoms with E-state index in [-0.39, 0.29) is 35.6 Å². The highest BCUT2D eigenvalue weighted by molar-refractivity contribution is 9.10. The molecule has 1 aliphatic carbocycles. The number of hydrogen-bond acceptors (Lipinski definition) is 8. The number of rotatable bonds is 9. The Bertz CT molecular complexity index is 1820. The summed E-state index contributed by atoms with van der Waals surface area (Å²) < 4.78 is 2.24. The summed E-state index contributed by atoms with van der Waals surface area (Å²) in [5, 5.41) is 11.8. The molecule has 3 aromatic heterocycles. The number of amides is 2. The van der Waals surface area contributed by atoms with Gasteiger partial charge < -0.3 is 15.5 Å². The maximum Gasteiger partial charge on any atom is 0.248 e. The third kappa shape index (κ3) is 5.65. The van der Waals surface area contributed by atoms with E-state index in [9.17, 15) is 14.4 Å². The maximum absolute atomic E-state index is 14.3. The Balaban J connectivity index is 1.35. The van der Waals surface area contributed by atoms with Crippen molar-refractivity contribution in [3.63, 3.8) is 0 Å². The molecule has 4 heterocycles. The third-order valence-electron chi connectivity index (χ3n) is 9.28. The van der Waals surface area contributed by atoms with Crippen LogP contribution in [0.2, 0.25) is 0 Å². The first kappa shape index (κ1) is 31.0. The van der Waals surface area contributed by atoms with Crippen LogP contribution in [-0.2, 0) is 16.1 Å². The highest BCUT2D eigenvalue weighted by Crippen LogP contribution is 2.54. The van der Waals surface area contributed by atoms with Gasteiger partial charge in [-0.25, -0.2) is 15.0 Å².